The molecule has 0 saturated heterocycles. The molecule has 4 nitrogen and oxygen atoms in total. The second-order valence-corrected chi connectivity index (χ2v) is 5.81. The average Bonchev–Trinajstić information content (AvgIpc) is 2.43. The number of carbonyl (C=O) groups is 1. The van der Waals surface area contributed by atoms with Crippen molar-refractivity contribution in [1.82, 2.24) is 0 Å². The van der Waals surface area contributed by atoms with Crippen molar-refractivity contribution in [3.8, 4) is 0 Å². The van der Waals surface area contributed by atoms with E-state index in [2.05, 4.69) is 11.6 Å². The minimum Gasteiger partial charge on any atom is -0.485 e. The largest absolute Gasteiger partial charge is 0.709 e. The van der Waals surface area contributed by atoms with Crippen LogP contribution in [0.1, 0.15) is 96.8 Å². The van der Waals surface area contributed by atoms with Gasteiger partial charge in [0.25, 0.3) is 5.97 Å². The quantitative estimate of drug-likeness (QED) is 0.318. The van der Waals surface area contributed by atoms with E-state index < -0.39 is 13.3 Å². The molecule has 0 spiro atoms. The van der Waals surface area contributed by atoms with Crippen LogP contribution in [-0.2, 0) is 31.8 Å². The summed E-state index contributed by atoms with van der Waals surface area (Å²) in [6, 6.07) is 0. The number of carbonyl (C=O) groups excluding carboxylic acids is 1. The van der Waals surface area contributed by atoms with Gasteiger partial charge in [-0.25, -0.2) is 0 Å². The molecule has 0 heterocycles. The Morgan fingerprint density at radius 2 is 1.14 bits per heavy atom. The molecule has 0 aromatic carbocycles. The first-order valence-corrected chi connectivity index (χ1v) is 8.72. The normalized spacial score (nSPS) is 10.1. The molecule has 0 fully saturated rings. The Hall–Kier alpha value is 0.195. The number of unbranched alkanes of at least 4 members (excludes halogenated alkanes) is 12. The SMILES string of the molecule is CCCCCCCCCCCCCCCC(=O)OB(O)O.[Ag]. The summed E-state index contributed by atoms with van der Waals surface area (Å²) >= 11 is 0. The summed E-state index contributed by atoms with van der Waals surface area (Å²) < 4.78 is 4.23. The summed E-state index contributed by atoms with van der Waals surface area (Å²) in [7, 11) is -1.97. The van der Waals surface area contributed by atoms with Crippen molar-refractivity contribution in [2.45, 2.75) is 96.8 Å². The molecule has 6 heteroatoms. The van der Waals surface area contributed by atoms with Gasteiger partial charge < -0.3 is 14.7 Å². The molecular formula is C16H33AgBO4. The molecule has 0 aliphatic carbocycles. The van der Waals surface area contributed by atoms with E-state index in [4.69, 9.17) is 10.0 Å². The van der Waals surface area contributed by atoms with Gasteiger partial charge in [-0.15, -0.1) is 0 Å². The molecule has 0 aromatic rings. The van der Waals surface area contributed by atoms with E-state index in [9.17, 15) is 4.79 Å². The Bertz CT molecular complexity index is 240. The smallest absolute Gasteiger partial charge is 0.485 e. The number of rotatable bonds is 15. The maximum atomic E-state index is 11.0. The van der Waals surface area contributed by atoms with Crippen LogP contribution in [0.3, 0.4) is 0 Å². The molecule has 135 valence electrons. The van der Waals surface area contributed by atoms with Gasteiger partial charge >= 0.3 is 7.32 Å². The number of hydrogen-bond donors (Lipinski definition) is 2. The van der Waals surface area contributed by atoms with E-state index >= 15 is 0 Å². The van der Waals surface area contributed by atoms with Gasteiger partial charge in [0.15, 0.2) is 0 Å². The molecular weight excluding hydrogens is 375 g/mol. The summed E-state index contributed by atoms with van der Waals surface area (Å²) in [5.41, 5.74) is 0. The van der Waals surface area contributed by atoms with Gasteiger partial charge in [0.1, 0.15) is 0 Å². The first kappa shape index (κ1) is 24.4. The van der Waals surface area contributed by atoms with Crippen molar-refractivity contribution in [1.29, 1.82) is 0 Å². The predicted molar refractivity (Wildman–Crippen MR) is 86.6 cm³/mol. The molecule has 2 N–H and O–H groups in total. The van der Waals surface area contributed by atoms with Crippen LogP contribution in [0.2, 0.25) is 0 Å². The summed E-state index contributed by atoms with van der Waals surface area (Å²) in [6.07, 6.45) is 16.6. The third-order valence-corrected chi connectivity index (χ3v) is 3.72. The van der Waals surface area contributed by atoms with E-state index in [0.29, 0.717) is 0 Å². The second-order valence-electron chi connectivity index (χ2n) is 5.81. The molecule has 0 atom stereocenters. The minimum atomic E-state index is -1.97. The average molecular weight is 408 g/mol. The van der Waals surface area contributed by atoms with E-state index in [1.807, 2.05) is 0 Å². The zero-order valence-corrected chi connectivity index (χ0v) is 15.5. The third kappa shape index (κ3) is 20.2. The molecule has 0 aliphatic rings. The monoisotopic (exact) mass is 407 g/mol. The van der Waals surface area contributed by atoms with Gasteiger partial charge in [0.05, 0.1) is 0 Å². The van der Waals surface area contributed by atoms with Crippen LogP contribution in [0.4, 0.5) is 0 Å². The first-order chi connectivity index (χ1) is 10.2. The molecule has 1 radical (unpaired) electrons. The Labute approximate surface area is 152 Å². The van der Waals surface area contributed by atoms with E-state index in [0.717, 1.165) is 19.3 Å². The van der Waals surface area contributed by atoms with Crippen LogP contribution in [0.25, 0.3) is 0 Å². The van der Waals surface area contributed by atoms with Crippen LogP contribution in [0, 0.1) is 0 Å². The zero-order chi connectivity index (χ0) is 15.8. The van der Waals surface area contributed by atoms with Crippen LogP contribution in [-0.4, -0.2) is 23.3 Å². The summed E-state index contributed by atoms with van der Waals surface area (Å²) in [5, 5.41) is 16.9. The molecule has 22 heavy (non-hydrogen) atoms. The molecule has 0 aliphatic heterocycles. The van der Waals surface area contributed by atoms with Crippen molar-refractivity contribution in [2.24, 2.45) is 0 Å². The standard InChI is InChI=1S/C16H33BO4.Ag/c1-2-3-4-5-6-7-8-9-10-11-12-13-14-15-16(18)21-17(19)20;/h19-20H,2-15H2,1H3;. The summed E-state index contributed by atoms with van der Waals surface area (Å²) in [5.74, 6) is -0.534. The number of hydrogen-bond acceptors (Lipinski definition) is 4. The van der Waals surface area contributed by atoms with Crippen molar-refractivity contribution in [2.75, 3.05) is 0 Å². The summed E-state index contributed by atoms with van der Waals surface area (Å²) in [6.45, 7) is 2.25. The third-order valence-electron chi connectivity index (χ3n) is 3.72. The van der Waals surface area contributed by atoms with Crippen LogP contribution >= 0.6 is 0 Å². The fourth-order valence-electron chi connectivity index (χ4n) is 2.46. The van der Waals surface area contributed by atoms with Crippen molar-refractivity contribution >= 4 is 13.3 Å². The molecule has 0 amide bonds. The topological polar surface area (TPSA) is 66.8 Å². The zero-order valence-electron chi connectivity index (χ0n) is 14.0. The van der Waals surface area contributed by atoms with Gasteiger partial charge in [-0.1, -0.05) is 84.0 Å². The Morgan fingerprint density at radius 3 is 1.50 bits per heavy atom. The second kappa shape index (κ2) is 19.2. The fourth-order valence-corrected chi connectivity index (χ4v) is 2.46. The van der Waals surface area contributed by atoms with Crippen molar-refractivity contribution in [3.05, 3.63) is 0 Å². The van der Waals surface area contributed by atoms with Crippen molar-refractivity contribution < 1.29 is 41.9 Å². The minimum absolute atomic E-state index is 0. The van der Waals surface area contributed by atoms with Gasteiger partial charge in [-0.05, 0) is 6.42 Å². The summed E-state index contributed by atoms with van der Waals surface area (Å²) in [4.78, 5) is 11.0. The Morgan fingerprint density at radius 1 is 0.773 bits per heavy atom. The van der Waals surface area contributed by atoms with Gasteiger partial charge in [-0.3, -0.25) is 4.79 Å². The first-order valence-electron chi connectivity index (χ1n) is 8.72. The van der Waals surface area contributed by atoms with Crippen LogP contribution < -0.4 is 0 Å². The molecule has 0 aromatic heterocycles. The molecule has 0 unspecified atom stereocenters. The van der Waals surface area contributed by atoms with E-state index in [1.54, 1.807) is 0 Å². The van der Waals surface area contributed by atoms with Crippen LogP contribution in [0.15, 0.2) is 0 Å². The Kier molecular flexibility index (Phi) is 21.4. The van der Waals surface area contributed by atoms with Crippen molar-refractivity contribution in [3.63, 3.8) is 0 Å². The van der Waals surface area contributed by atoms with Gasteiger partial charge in [0, 0.05) is 28.8 Å². The predicted octanol–water partition coefficient (Wildman–Crippen LogP) is 3.98. The molecule has 0 rings (SSSR count). The van der Waals surface area contributed by atoms with Crippen LogP contribution in [0.5, 0.6) is 0 Å². The van der Waals surface area contributed by atoms with E-state index in [1.165, 1.54) is 64.2 Å². The molecule has 0 saturated carbocycles. The van der Waals surface area contributed by atoms with Gasteiger partial charge in [0.2, 0.25) is 0 Å². The van der Waals surface area contributed by atoms with E-state index in [-0.39, 0.29) is 28.8 Å². The maximum Gasteiger partial charge on any atom is 0.709 e. The Balaban J connectivity index is 0. The van der Waals surface area contributed by atoms with Gasteiger partial charge in [-0.2, -0.15) is 0 Å². The molecule has 0 bridgehead atoms. The fraction of sp³-hybridized carbons (Fsp3) is 0.938. The maximum absolute atomic E-state index is 11.0.